The minimum absolute atomic E-state index is 0.0866. The van der Waals surface area contributed by atoms with Crippen molar-refractivity contribution in [1.29, 1.82) is 0 Å². The van der Waals surface area contributed by atoms with Gasteiger partial charge in [-0.05, 0) is 43.2 Å². The number of carbonyl (C=O) groups is 3. The van der Waals surface area contributed by atoms with Gasteiger partial charge in [0.1, 0.15) is 35.3 Å². The van der Waals surface area contributed by atoms with E-state index in [-0.39, 0.29) is 30.2 Å². The zero-order valence-electron chi connectivity index (χ0n) is 23.0. The van der Waals surface area contributed by atoms with Gasteiger partial charge in [0, 0.05) is 29.9 Å². The van der Waals surface area contributed by atoms with Gasteiger partial charge in [-0.15, -0.1) is 0 Å². The third-order valence-corrected chi connectivity index (χ3v) is 7.80. The van der Waals surface area contributed by atoms with E-state index in [2.05, 4.69) is 20.4 Å². The first-order chi connectivity index (χ1) is 20.6. The van der Waals surface area contributed by atoms with Crippen LogP contribution in [0.4, 0.5) is 35.6 Å². The summed E-state index contributed by atoms with van der Waals surface area (Å²) in [6, 6.07) is 5.24. The molecule has 3 atom stereocenters. The smallest absolute Gasteiger partial charge is 0.411 e. The number of benzene rings is 2. The van der Waals surface area contributed by atoms with Crippen LogP contribution in [0, 0.1) is 11.6 Å². The molecule has 3 aromatic rings. The van der Waals surface area contributed by atoms with Crippen LogP contribution in [0.15, 0.2) is 30.3 Å². The van der Waals surface area contributed by atoms with Crippen molar-refractivity contribution in [2.45, 2.75) is 50.3 Å². The van der Waals surface area contributed by atoms with Crippen molar-refractivity contribution in [3.8, 4) is 11.3 Å². The summed E-state index contributed by atoms with van der Waals surface area (Å²) in [6.07, 6.45) is -0.970. The average molecular weight is 619 g/mol. The number of methoxy groups -OCH3 is 1. The minimum Gasteiger partial charge on any atom is -0.480 e. The molecule has 1 aromatic heterocycles. The van der Waals surface area contributed by atoms with Gasteiger partial charge in [-0.25, -0.2) is 28.1 Å². The van der Waals surface area contributed by atoms with E-state index in [0.717, 1.165) is 12.1 Å². The van der Waals surface area contributed by atoms with Gasteiger partial charge in [-0.2, -0.15) is 0 Å². The SMILES string of the molecule is COC(=O)Nc1ccc2c(c1)N[C@@H](C(=O)O)CCCC[C@H](N1CCC(c3c(F)ccc(Cl)c3F)OC1=O)c1nc-2c(N)[nH]1. The van der Waals surface area contributed by atoms with Crippen molar-refractivity contribution in [2.24, 2.45) is 0 Å². The topological polar surface area (TPSA) is 172 Å². The molecule has 6 N–H and O–H groups in total. The van der Waals surface area contributed by atoms with Gasteiger partial charge in [-0.3, -0.25) is 10.2 Å². The number of rotatable bonds is 4. The Balaban J connectivity index is 1.48. The number of anilines is 3. The van der Waals surface area contributed by atoms with E-state index in [1.807, 2.05) is 0 Å². The standard InChI is InChI=1S/C28H29ClF2N6O6/c1-42-27(40)33-13-6-7-14-18(12-13)34-17(26(38)39)4-2-3-5-19(25-35-23(14)24(32)36-25)37-11-10-20(43-28(37)41)21-16(30)9-8-15(29)22(21)31/h6-9,12,17,19-20,34H,2-5,10-11,32H2,1H3,(H,33,40)(H,35,36)(H,38,39)/t17-,19+,20?/m1/s1. The number of nitrogen functional groups attached to an aromatic ring is 1. The Morgan fingerprint density at radius 2 is 1.98 bits per heavy atom. The molecule has 2 amide bonds. The molecule has 228 valence electrons. The van der Waals surface area contributed by atoms with E-state index in [1.165, 1.54) is 12.0 Å². The van der Waals surface area contributed by atoms with E-state index in [9.17, 15) is 28.3 Å². The molecule has 2 bridgehead atoms. The zero-order valence-corrected chi connectivity index (χ0v) is 23.7. The van der Waals surface area contributed by atoms with E-state index in [1.54, 1.807) is 18.2 Å². The molecular weight excluding hydrogens is 590 g/mol. The predicted octanol–water partition coefficient (Wildman–Crippen LogP) is 5.83. The number of nitrogens with one attached hydrogen (secondary N) is 3. The molecule has 2 aliphatic rings. The lowest BCUT2D eigenvalue weighted by atomic mass is 10.00. The summed E-state index contributed by atoms with van der Waals surface area (Å²) in [5, 5.41) is 15.2. The molecule has 1 unspecified atom stereocenters. The number of cyclic esters (lactones) is 1. The normalized spacial score (nSPS) is 20.5. The number of carboxylic acid groups (broad SMARTS) is 1. The number of hydrogen-bond donors (Lipinski definition) is 5. The maximum absolute atomic E-state index is 14.7. The molecule has 0 aliphatic carbocycles. The highest BCUT2D eigenvalue weighted by Gasteiger charge is 2.38. The van der Waals surface area contributed by atoms with Crippen molar-refractivity contribution < 1.29 is 37.7 Å². The first-order valence-electron chi connectivity index (χ1n) is 13.5. The third kappa shape index (κ3) is 6.14. The van der Waals surface area contributed by atoms with Gasteiger partial charge in [0.05, 0.1) is 23.7 Å². The largest absolute Gasteiger partial charge is 0.480 e. The van der Waals surface area contributed by atoms with Crippen molar-refractivity contribution in [2.75, 3.05) is 30.0 Å². The summed E-state index contributed by atoms with van der Waals surface area (Å²) in [5.41, 5.74) is 7.39. The number of aliphatic carboxylic acids is 1. The minimum atomic E-state index is -1.17. The molecule has 5 rings (SSSR count). The molecule has 1 fully saturated rings. The molecule has 15 heteroatoms. The van der Waals surface area contributed by atoms with Crippen LogP contribution >= 0.6 is 11.6 Å². The maximum Gasteiger partial charge on any atom is 0.411 e. The van der Waals surface area contributed by atoms with Crippen LogP contribution in [-0.4, -0.2) is 57.8 Å². The first-order valence-corrected chi connectivity index (χ1v) is 13.9. The number of aromatic amines is 1. The lowest BCUT2D eigenvalue weighted by Crippen LogP contribution is -2.42. The highest BCUT2D eigenvalue weighted by molar-refractivity contribution is 6.30. The van der Waals surface area contributed by atoms with Crippen LogP contribution in [0.25, 0.3) is 11.3 Å². The number of nitrogens with two attached hydrogens (primary N) is 1. The molecule has 0 spiro atoms. The Morgan fingerprint density at radius 1 is 1.21 bits per heavy atom. The maximum atomic E-state index is 14.7. The molecule has 0 saturated carbocycles. The Bertz CT molecular complexity index is 1570. The van der Waals surface area contributed by atoms with Crippen LogP contribution in [0.3, 0.4) is 0 Å². The summed E-state index contributed by atoms with van der Waals surface area (Å²) < 4.78 is 39.3. The van der Waals surface area contributed by atoms with Crippen LogP contribution in [0.5, 0.6) is 0 Å². The van der Waals surface area contributed by atoms with Gasteiger partial charge in [-0.1, -0.05) is 24.4 Å². The zero-order chi connectivity index (χ0) is 30.8. The molecular formula is C28H29ClF2N6O6. The molecule has 2 aromatic carbocycles. The second-order valence-corrected chi connectivity index (χ2v) is 10.6. The second kappa shape index (κ2) is 12.3. The number of H-pyrrole nitrogens is 1. The molecule has 1 saturated heterocycles. The quantitative estimate of drug-likeness (QED) is 0.225. The van der Waals surface area contributed by atoms with Gasteiger partial charge in [0.2, 0.25) is 0 Å². The number of hydrogen-bond acceptors (Lipinski definition) is 8. The van der Waals surface area contributed by atoms with Gasteiger partial charge >= 0.3 is 18.2 Å². The second-order valence-electron chi connectivity index (χ2n) is 10.2. The van der Waals surface area contributed by atoms with Crippen molar-refractivity contribution in [1.82, 2.24) is 14.9 Å². The Morgan fingerprint density at radius 3 is 2.70 bits per heavy atom. The fourth-order valence-corrected chi connectivity index (χ4v) is 5.54. The average Bonchev–Trinajstić information content (AvgIpc) is 3.35. The summed E-state index contributed by atoms with van der Waals surface area (Å²) in [6.45, 7) is 0.0912. The molecule has 3 heterocycles. The van der Waals surface area contributed by atoms with E-state index in [4.69, 9.17) is 27.1 Å². The number of ether oxygens (including phenoxy) is 2. The molecule has 43 heavy (non-hydrogen) atoms. The predicted molar refractivity (Wildman–Crippen MR) is 153 cm³/mol. The number of carboxylic acids is 1. The van der Waals surface area contributed by atoms with Crippen LogP contribution in [0.2, 0.25) is 5.02 Å². The van der Waals surface area contributed by atoms with Crippen LogP contribution in [-0.2, 0) is 14.3 Å². The van der Waals surface area contributed by atoms with E-state index < -0.39 is 53.5 Å². The molecule has 0 radical (unpaired) electrons. The Kier molecular flexibility index (Phi) is 8.57. The third-order valence-electron chi connectivity index (χ3n) is 7.51. The lowest BCUT2D eigenvalue weighted by molar-refractivity contribution is -0.138. The first kappa shape index (κ1) is 29.9. The highest BCUT2D eigenvalue weighted by atomic mass is 35.5. The van der Waals surface area contributed by atoms with Crippen molar-refractivity contribution in [3.63, 3.8) is 0 Å². The van der Waals surface area contributed by atoms with Crippen LogP contribution in [0.1, 0.15) is 55.6 Å². The fraction of sp³-hybridized carbons (Fsp3) is 0.357. The van der Waals surface area contributed by atoms with Gasteiger partial charge < -0.3 is 30.6 Å². The van der Waals surface area contributed by atoms with Gasteiger partial charge in [0.25, 0.3) is 0 Å². The Hall–Kier alpha value is -4.59. The fourth-order valence-electron chi connectivity index (χ4n) is 5.38. The number of fused-ring (bicyclic) bond motifs is 4. The highest BCUT2D eigenvalue weighted by Crippen LogP contribution is 2.40. The summed E-state index contributed by atoms with van der Waals surface area (Å²) >= 11 is 5.84. The number of carbonyl (C=O) groups excluding carboxylic acids is 2. The van der Waals surface area contributed by atoms with Gasteiger partial charge in [0.15, 0.2) is 5.82 Å². The number of aromatic nitrogens is 2. The lowest BCUT2D eigenvalue weighted by Gasteiger charge is -2.36. The number of imidazole rings is 1. The number of halogens is 3. The summed E-state index contributed by atoms with van der Waals surface area (Å²) in [7, 11) is 1.22. The van der Waals surface area contributed by atoms with E-state index >= 15 is 0 Å². The molecule has 2 aliphatic heterocycles. The van der Waals surface area contributed by atoms with Crippen molar-refractivity contribution >= 4 is 46.9 Å². The van der Waals surface area contributed by atoms with Crippen molar-refractivity contribution in [3.05, 3.63) is 58.4 Å². The summed E-state index contributed by atoms with van der Waals surface area (Å²) in [4.78, 5) is 46.3. The summed E-state index contributed by atoms with van der Waals surface area (Å²) in [5.74, 6) is -2.40. The Labute approximate surface area is 249 Å². The monoisotopic (exact) mass is 618 g/mol. The van der Waals surface area contributed by atoms with E-state index in [0.29, 0.717) is 47.7 Å². The number of amides is 2. The molecule has 12 nitrogen and oxygen atoms in total. The number of nitrogens with zero attached hydrogens (tertiary/aromatic N) is 2. The van der Waals surface area contributed by atoms with Crippen LogP contribution < -0.4 is 16.4 Å².